The number of nitrogens with one attached hydrogen (secondary N) is 1. The number of thioether (sulfide) groups is 1. The number of nitrogens with zero attached hydrogens (tertiary/aromatic N) is 1. The first-order valence-electron chi connectivity index (χ1n) is 8.77. The first-order chi connectivity index (χ1) is 12.7. The van der Waals surface area contributed by atoms with Crippen molar-refractivity contribution in [1.29, 1.82) is 0 Å². The lowest BCUT2D eigenvalue weighted by Crippen LogP contribution is -2.35. The van der Waals surface area contributed by atoms with Gasteiger partial charge in [0.1, 0.15) is 0 Å². The lowest BCUT2D eigenvalue weighted by atomic mass is 10.2. The summed E-state index contributed by atoms with van der Waals surface area (Å²) in [6.45, 7) is 4.48. The molecule has 2 aromatic rings. The van der Waals surface area contributed by atoms with E-state index in [0.29, 0.717) is 12.2 Å². The van der Waals surface area contributed by atoms with Crippen LogP contribution in [0.15, 0.2) is 53.4 Å². The van der Waals surface area contributed by atoms with Crippen LogP contribution in [-0.2, 0) is 16.1 Å². The van der Waals surface area contributed by atoms with Crippen molar-refractivity contribution >= 4 is 35.0 Å². The van der Waals surface area contributed by atoms with Crippen LogP contribution >= 0.6 is 23.4 Å². The third kappa shape index (κ3) is 6.02. The van der Waals surface area contributed by atoms with Crippen LogP contribution in [0.1, 0.15) is 12.0 Å². The number of carbonyl (C=O) groups is 1. The van der Waals surface area contributed by atoms with Gasteiger partial charge in [-0.3, -0.25) is 9.69 Å². The third-order valence-corrected chi connectivity index (χ3v) is 5.69. The minimum absolute atomic E-state index is 0.0190. The van der Waals surface area contributed by atoms with Crippen LogP contribution in [0.25, 0.3) is 0 Å². The molecule has 1 heterocycles. The number of hydrogen-bond acceptors (Lipinski definition) is 4. The van der Waals surface area contributed by atoms with Crippen molar-refractivity contribution < 1.29 is 9.53 Å². The molecule has 1 amide bonds. The summed E-state index contributed by atoms with van der Waals surface area (Å²) < 4.78 is 5.37. The maximum Gasteiger partial charge on any atom is 0.225 e. The van der Waals surface area contributed by atoms with E-state index in [1.54, 1.807) is 11.8 Å². The topological polar surface area (TPSA) is 41.6 Å². The van der Waals surface area contributed by atoms with Crippen molar-refractivity contribution in [2.75, 3.05) is 37.4 Å². The Bertz CT molecular complexity index is 718. The lowest BCUT2D eigenvalue weighted by Gasteiger charge is -2.26. The highest BCUT2D eigenvalue weighted by Gasteiger charge is 2.11. The Kier molecular flexibility index (Phi) is 7.38. The zero-order valence-corrected chi connectivity index (χ0v) is 16.2. The Hall–Kier alpha value is -1.53. The number of amides is 1. The molecule has 0 spiro atoms. The fourth-order valence-electron chi connectivity index (χ4n) is 2.75. The predicted molar refractivity (Wildman–Crippen MR) is 108 cm³/mol. The number of hydrogen-bond donors (Lipinski definition) is 1. The molecule has 0 aliphatic carbocycles. The van der Waals surface area contributed by atoms with Gasteiger partial charge in [0.15, 0.2) is 0 Å². The first-order valence-corrected chi connectivity index (χ1v) is 10.1. The minimum atomic E-state index is 0.0190. The van der Waals surface area contributed by atoms with Crippen molar-refractivity contribution in [3.8, 4) is 0 Å². The monoisotopic (exact) mass is 390 g/mol. The van der Waals surface area contributed by atoms with Gasteiger partial charge in [0.05, 0.1) is 18.2 Å². The van der Waals surface area contributed by atoms with E-state index >= 15 is 0 Å². The molecule has 0 aromatic heterocycles. The predicted octanol–water partition coefficient (Wildman–Crippen LogP) is 4.29. The van der Waals surface area contributed by atoms with Gasteiger partial charge in [-0.25, -0.2) is 0 Å². The molecule has 1 fully saturated rings. The molecule has 1 aliphatic heterocycles. The summed E-state index contributed by atoms with van der Waals surface area (Å²) in [5, 5.41) is 3.69. The molecular formula is C20H23ClN2O2S. The van der Waals surface area contributed by atoms with E-state index in [9.17, 15) is 4.79 Å². The zero-order chi connectivity index (χ0) is 18.2. The average Bonchev–Trinajstić information content (AvgIpc) is 2.66. The maximum atomic E-state index is 12.1. The Balaban J connectivity index is 1.41. The minimum Gasteiger partial charge on any atom is -0.379 e. The van der Waals surface area contributed by atoms with Gasteiger partial charge in [0.25, 0.3) is 0 Å². The van der Waals surface area contributed by atoms with Crippen LogP contribution in [0.3, 0.4) is 0 Å². The normalized spacial score (nSPS) is 15.0. The number of carbonyl (C=O) groups excluding carboxylic acids is 1. The van der Waals surface area contributed by atoms with Crippen molar-refractivity contribution in [3.63, 3.8) is 0 Å². The summed E-state index contributed by atoms with van der Waals surface area (Å²) in [5.74, 6) is 0.718. The van der Waals surface area contributed by atoms with E-state index in [1.165, 1.54) is 5.56 Å². The summed E-state index contributed by atoms with van der Waals surface area (Å²) in [4.78, 5) is 15.5. The van der Waals surface area contributed by atoms with E-state index in [0.717, 1.165) is 48.5 Å². The first kappa shape index (κ1) is 19.2. The van der Waals surface area contributed by atoms with Crippen LogP contribution in [0, 0.1) is 0 Å². The second-order valence-electron chi connectivity index (χ2n) is 6.16. The van der Waals surface area contributed by atoms with Gasteiger partial charge >= 0.3 is 0 Å². The van der Waals surface area contributed by atoms with E-state index < -0.39 is 0 Å². The highest BCUT2D eigenvalue weighted by Crippen LogP contribution is 2.27. The lowest BCUT2D eigenvalue weighted by molar-refractivity contribution is -0.115. The molecule has 1 aliphatic rings. The van der Waals surface area contributed by atoms with E-state index in [4.69, 9.17) is 16.3 Å². The second kappa shape index (κ2) is 9.97. The van der Waals surface area contributed by atoms with Gasteiger partial charge in [0, 0.05) is 42.4 Å². The molecule has 0 radical (unpaired) electrons. The van der Waals surface area contributed by atoms with Gasteiger partial charge in [0.2, 0.25) is 5.91 Å². The molecule has 4 nitrogen and oxygen atoms in total. The van der Waals surface area contributed by atoms with Crippen molar-refractivity contribution in [2.45, 2.75) is 17.9 Å². The molecule has 138 valence electrons. The van der Waals surface area contributed by atoms with Crippen LogP contribution in [0.4, 0.5) is 5.69 Å². The molecule has 0 bridgehead atoms. The summed E-state index contributed by atoms with van der Waals surface area (Å²) in [7, 11) is 0. The highest BCUT2D eigenvalue weighted by molar-refractivity contribution is 7.99. The quantitative estimate of drug-likeness (QED) is 0.716. The number of anilines is 1. The SMILES string of the molecule is O=C(CCSc1ccccc1Cl)Nc1ccc(CN2CCOCC2)cc1. The Morgan fingerprint density at radius 1 is 1.12 bits per heavy atom. The number of morpholine rings is 1. The van der Waals surface area contributed by atoms with Crippen molar-refractivity contribution in [2.24, 2.45) is 0 Å². The Labute approximate surface area is 163 Å². The molecule has 6 heteroatoms. The van der Waals surface area contributed by atoms with Crippen LogP contribution in [0.5, 0.6) is 0 Å². The number of ether oxygens (including phenoxy) is 1. The Morgan fingerprint density at radius 2 is 1.85 bits per heavy atom. The van der Waals surface area contributed by atoms with Gasteiger partial charge in [-0.1, -0.05) is 35.9 Å². The molecule has 0 atom stereocenters. The molecule has 1 N–H and O–H groups in total. The summed E-state index contributed by atoms with van der Waals surface area (Å²) in [5.41, 5.74) is 2.09. The summed E-state index contributed by atoms with van der Waals surface area (Å²) in [6, 6.07) is 15.8. The molecule has 0 unspecified atom stereocenters. The Morgan fingerprint density at radius 3 is 2.58 bits per heavy atom. The van der Waals surface area contributed by atoms with Crippen molar-refractivity contribution in [1.82, 2.24) is 4.90 Å². The van der Waals surface area contributed by atoms with E-state index in [1.807, 2.05) is 36.4 Å². The highest BCUT2D eigenvalue weighted by atomic mass is 35.5. The zero-order valence-electron chi connectivity index (χ0n) is 14.6. The number of rotatable bonds is 7. The number of benzene rings is 2. The van der Waals surface area contributed by atoms with E-state index in [2.05, 4.69) is 22.3 Å². The fourth-order valence-corrected chi connectivity index (χ4v) is 3.94. The van der Waals surface area contributed by atoms with Crippen molar-refractivity contribution in [3.05, 3.63) is 59.1 Å². The average molecular weight is 391 g/mol. The summed E-state index contributed by atoms with van der Waals surface area (Å²) >= 11 is 7.72. The third-order valence-electron chi connectivity index (χ3n) is 4.17. The molecule has 0 saturated carbocycles. The molecule has 1 saturated heterocycles. The van der Waals surface area contributed by atoms with Gasteiger partial charge in [-0.05, 0) is 29.8 Å². The van der Waals surface area contributed by atoms with Gasteiger partial charge < -0.3 is 10.1 Å². The standard InChI is InChI=1S/C20H23ClN2O2S/c21-18-3-1-2-4-19(18)26-14-9-20(24)22-17-7-5-16(6-8-17)15-23-10-12-25-13-11-23/h1-8H,9-15H2,(H,22,24). The van der Waals surface area contributed by atoms with Gasteiger partial charge in [-0.15, -0.1) is 11.8 Å². The van der Waals surface area contributed by atoms with Crippen LogP contribution < -0.4 is 5.32 Å². The molecule has 3 rings (SSSR count). The van der Waals surface area contributed by atoms with Gasteiger partial charge in [-0.2, -0.15) is 0 Å². The maximum absolute atomic E-state index is 12.1. The fraction of sp³-hybridized carbons (Fsp3) is 0.350. The second-order valence-corrected chi connectivity index (χ2v) is 7.71. The summed E-state index contributed by atoms with van der Waals surface area (Å²) in [6.07, 6.45) is 0.450. The van der Waals surface area contributed by atoms with Crippen LogP contribution in [-0.4, -0.2) is 42.9 Å². The van der Waals surface area contributed by atoms with Crippen LogP contribution in [0.2, 0.25) is 5.02 Å². The largest absolute Gasteiger partial charge is 0.379 e. The number of halogens is 1. The van der Waals surface area contributed by atoms with E-state index in [-0.39, 0.29) is 5.91 Å². The molecule has 26 heavy (non-hydrogen) atoms. The molecular weight excluding hydrogens is 368 g/mol. The smallest absolute Gasteiger partial charge is 0.225 e. The molecule has 2 aromatic carbocycles.